The number of halogens is 2. The van der Waals surface area contributed by atoms with Gasteiger partial charge in [-0.15, -0.1) is 0 Å². The van der Waals surface area contributed by atoms with Crippen LogP contribution in [0.3, 0.4) is 0 Å². The molecule has 14 heteroatoms. The monoisotopic (exact) mass is 478 g/mol. The maximum Gasteiger partial charge on any atom is 2.00 e. The molecule has 0 unspecified atom stereocenters. The van der Waals surface area contributed by atoms with Crippen LogP contribution in [0.4, 0.5) is 0 Å². The van der Waals surface area contributed by atoms with Crippen molar-refractivity contribution in [3.05, 3.63) is 0 Å². The Bertz CT molecular complexity index is 93.0. The van der Waals surface area contributed by atoms with E-state index < -0.39 is 0 Å². The van der Waals surface area contributed by atoms with Crippen LogP contribution in [0.2, 0.25) is 0 Å². The summed E-state index contributed by atoms with van der Waals surface area (Å²) in [5, 5.41) is 38.8. The van der Waals surface area contributed by atoms with Crippen molar-refractivity contribution < 1.29 is 66.8 Å². The van der Waals surface area contributed by atoms with Crippen LogP contribution >= 0.6 is 0 Å². The van der Waals surface area contributed by atoms with E-state index in [9.17, 15) is 0 Å². The Labute approximate surface area is 180 Å². The molecular weight excluding hydrogens is 438 g/mol. The minimum absolute atomic E-state index is 0. The normalized spacial score (nSPS) is 6.46. The maximum atomic E-state index is 7.75. The van der Waals surface area contributed by atoms with Gasteiger partial charge >= 0.3 is 16.5 Å². The van der Waals surface area contributed by atoms with Crippen LogP contribution < -0.4 is 59.2 Å². The smallest absolute Gasteiger partial charge is 1.00 e. The van der Waals surface area contributed by atoms with E-state index in [1.807, 2.05) is 6.92 Å². The second-order valence-electron chi connectivity index (χ2n) is 2.97. The van der Waals surface area contributed by atoms with Gasteiger partial charge in [-0.2, -0.15) is 0 Å². The van der Waals surface area contributed by atoms with Gasteiger partial charge in [0.2, 0.25) is 0 Å². The van der Waals surface area contributed by atoms with Gasteiger partial charge in [0, 0.05) is 32.7 Å². The Morgan fingerprint density at radius 3 is 0.500 bits per heavy atom. The van der Waals surface area contributed by atoms with Crippen LogP contribution in [0.1, 0.15) is 6.92 Å². The van der Waals surface area contributed by atoms with E-state index in [0.717, 1.165) is 6.54 Å². The fourth-order valence-electron chi connectivity index (χ4n) is 0. The first kappa shape index (κ1) is 56.3. The average Bonchev–Trinajstić information content (AvgIpc) is 2.62. The first-order valence-electron chi connectivity index (χ1n) is 7.24. The molecule has 0 amide bonds. The number of hydrogen-bond acceptors (Lipinski definition) is 11. The molecule has 0 bridgehead atoms. The van der Waals surface area contributed by atoms with Crippen molar-refractivity contribution in [2.24, 2.45) is 34.4 Å². The van der Waals surface area contributed by atoms with Gasteiger partial charge in [-0.3, -0.25) is 0 Å². The van der Waals surface area contributed by atoms with Crippen LogP contribution in [-0.2, 0) is 16.5 Å². The molecule has 11 nitrogen and oxygen atoms in total. The molecule has 0 saturated heterocycles. The van der Waals surface area contributed by atoms with Crippen molar-refractivity contribution in [3.63, 3.8) is 0 Å². The quantitative estimate of drug-likeness (QED) is 0.165. The van der Waals surface area contributed by atoms with Gasteiger partial charge in [-0.25, -0.2) is 0 Å². The van der Waals surface area contributed by atoms with E-state index in [1.54, 1.807) is 0 Å². The summed E-state index contributed by atoms with van der Waals surface area (Å²) in [5.41, 5.74) is 28.7. The predicted octanol–water partition coefficient (Wildman–Crippen LogP) is -11.3. The summed E-state index contributed by atoms with van der Waals surface area (Å²) in [7, 11) is 0. The molecule has 174 valence electrons. The van der Waals surface area contributed by atoms with Crippen molar-refractivity contribution in [1.29, 1.82) is 0 Å². The molecule has 0 radical (unpaired) electrons. The molecule has 0 aromatic carbocycles. The van der Waals surface area contributed by atoms with E-state index in [1.165, 1.54) is 0 Å². The van der Waals surface area contributed by atoms with Crippen molar-refractivity contribution in [2.75, 3.05) is 72.3 Å². The summed E-state index contributed by atoms with van der Waals surface area (Å²) in [6.45, 7) is 5.01. The third-order valence-electron chi connectivity index (χ3n) is 0.645. The summed E-state index contributed by atoms with van der Waals surface area (Å²) in [4.78, 5) is 0. The van der Waals surface area contributed by atoms with Gasteiger partial charge in [0.05, 0.1) is 33.0 Å². The Morgan fingerprint density at radius 2 is 0.500 bits per heavy atom. The molecule has 0 atom stereocenters. The molecule has 0 aliphatic rings. The first-order chi connectivity index (χ1) is 11.0. The molecular formula is C12H42Cl2N6NiO5. The van der Waals surface area contributed by atoms with Crippen molar-refractivity contribution in [2.45, 2.75) is 6.92 Å². The summed E-state index contributed by atoms with van der Waals surface area (Å²) in [6, 6.07) is 0. The van der Waals surface area contributed by atoms with Gasteiger partial charge in [0.15, 0.2) is 0 Å². The molecule has 0 aromatic heterocycles. The third-order valence-corrected chi connectivity index (χ3v) is 0.645. The van der Waals surface area contributed by atoms with Gasteiger partial charge in [0.1, 0.15) is 0 Å². The molecule has 0 rings (SSSR count). The van der Waals surface area contributed by atoms with Gasteiger partial charge < -0.3 is 84.7 Å². The average molecular weight is 480 g/mol. The minimum Gasteiger partial charge on any atom is -1.00 e. The third kappa shape index (κ3) is 434. The molecule has 0 aromatic rings. The fraction of sp³-hybridized carbons (Fsp3) is 1.00. The van der Waals surface area contributed by atoms with Crippen molar-refractivity contribution in [3.8, 4) is 0 Å². The topological polar surface area (TPSA) is 257 Å². The van der Waals surface area contributed by atoms with Gasteiger partial charge in [-0.05, 0) is 6.54 Å². The second kappa shape index (κ2) is 115. The Kier molecular flexibility index (Phi) is 249. The summed E-state index contributed by atoms with van der Waals surface area (Å²) >= 11 is 0. The van der Waals surface area contributed by atoms with E-state index in [2.05, 4.69) is 0 Å². The Hall–Kier alpha value is 0.634. The van der Waals surface area contributed by atoms with E-state index >= 15 is 0 Å². The SMILES string of the molecule is CCN.NCCO.NCCO.NCCO.NCCO.NCCO.[Cl-].[Cl-].[Ni+2]. The second-order valence-corrected chi connectivity index (χ2v) is 2.97. The van der Waals surface area contributed by atoms with E-state index in [4.69, 9.17) is 59.9 Å². The number of aliphatic hydroxyl groups is 5. The zero-order valence-electron chi connectivity index (χ0n) is 15.6. The Morgan fingerprint density at radius 1 is 0.462 bits per heavy atom. The maximum absolute atomic E-state index is 7.75. The predicted molar refractivity (Wildman–Crippen MR) is 95.4 cm³/mol. The molecule has 0 aliphatic carbocycles. The molecule has 0 aliphatic heterocycles. The van der Waals surface area contributed by atoms with E-state index in [-0.39, 0.29) is 74.3 Å². The molecule has 0 spiro atoms. The zero-order chi connectivity index (χ0) is 19.8. The molecule has 26 heavy (non-hydrogen) atoms. The molecule has 0 saturated carbocycles. The molecule has 0 heterocycles. The van der Waals surface area contributed by atoms with Gasteiger partial charge in [0.25, 0.3) is 0 Å². The number of hydrogen-bond donors (Lipinski definition) is 11. The number of aliphatic hydroxyl groups excluding tert-OH is 5. The van der Waals surface area contributed by atoms with Crippen molar-refractivity contribution in [1.82, 2.24) is 0 Å². The number of nitrogens with two attached hydrogens (primary N) is 6. The zero-order valence-corrected chi connectivity index (χ0v) is 18.0. The van der Waals surface area contributed by atoms with E-state index in [0.29, 0.717) is 32.7 Å². The minimum atomic E-state index is 0. The van der Waals surface area contributed by atoms with Crippen LogP contribution in [-0.4, -0.2) is 97.8 Å². The fourth-order valence-corrected chi connectivity index (χ4v) is 0. The standard InChI is InChI=1S/5C2H7NO.C2H7N.2ClH.Ni/c5*3-1-2-4;1-2-3;;;/h5*4H,1-3H2;2-3H2,1H3;2*1H;/q;;;;;;;;+2/p-2. The van der Waals surface area contributed by atoms with Crippen LogP contribution in [0.25, 0.3) is 0 Å². The van der Waals surface area contributed by atoms with Crippen LogP contribution in [0, 0.1) is 0 Å². The summed E-state index contributed by atoms with van der Waals surface area (Å²) < 4.78 is 0. The van der Waals surface area contributed by atoms with Crippen molar-refractivity contribution >= 4 is 0 Å². The molecule has 17 N–H and O–H groups in total. The molecule has 0 fully saturated rings. The van der Waals surface area contributed by atoms with Crippen LogP contribution in [0.15, 0.2) is 0 Å². The largest absolute Gasteiger partial charge is 2.00 e. The van der Waals surface area contributed by atoms with Gasteiger partial charge in [-0.1, -0.05) is 6.92 Å². The Balaban J connectivity index is -0.0000000187. The van der Waals surface area contributed by atoms with Crippen LogP contribution in [0.5, 0.6) is 0 Å². The number of rotatable bonds is 5. The first-order valence-corrected chi connectivity index (χ1v) is 7.24. The summed E-state index contributed by atoms with van der Waals surface area (Å²) in [6.07, 6.45) is 0. The summed E-state index contributed by atoms with van der Waals surface area (Å²) in [5.74, 6) is 0.